The number of hydrogen-bond donors (Lipinski definition) is 1. The fraction of sp³-hybridized carbons (Fsp3) is 0.708. The molecule has 2 heterocycles. The summed E-state index contributed by atoms with van der Waals surface area (Å²) in [5.74, 6) is 2.32. The van der Waals surface area contributed by atoms with Gasteiger partial charge >= 0.3 is 6.01 Å². The minimum Gasteiger partial charge on any atom is -0.463 e. The normalized spacial score (nSPS) is 27.1. The Morgan fingerprint density at radius 3 is 2.93 bits per heavy atom. The van der Waals surface area contributed by atoms with Crippen LogP contribution < -0.4 is 15.0 Å². The van der Waals surface area contributed by atoms with Crippen molar-refractivity contribution in [3.8, 4) is 12.1 Å². The maximum atomic E-state index is 9.13. The van der Waals surface area contributed by atoms with Crippen LogP contribution in [0.3, 0.4) is 0 Å². The quantitative estimate of drug-likeness (QED) is 0.589. The lowest BCUT2D eigenvalue weighted by molar-refractivity contribution is 0.151. The highest BCUT2D eigenvalue weighted by Gasteiger charge is 2.27. The van der Waals surface area contributed by atoms with Gasteiger partial charge in [0, 0.05) is 37.7 Å². The van der Waals surface area contributed by atoms with E-state index in [0.29, 0.717) is 30.9 Å². The van der Waals surface area contributed by atoms with Crippen molar-refractivity contribution in [2.24, 2.45) is 11.8 Å². The summed E-state index contributed by atoms with van der Waals surface area (Å²) in [6.45, 7) is 9.87. The minimum atomic E-state index is 0.183. The second-order valence-corrected chi connectivity index (χ2v) is 9.33. The van der Waals surface area contributed by atoms with Crippen LogP contribution in [-0.2, 0) is 12.8 Å². The lowest BCUT2D eigenvalue weighted by Crippen LogP contribution is -2.51. The van der Waals surface area contributed by atoms with Gasteiger partial charge in [-0.1, -0.05) is 38.3 Å². The fourth-order valence-electron chi connectivity index (χ4n) is 5.15. The SMILES string of the molecule is C=C1CCCc2c(nc(OC[C@@H]3CCCCC3C)nc2N2CCN[C@@H](CC#N)C2)C1. The van der Waals surface area contributed by atoms with Gasteiger partial charge in [0.15, 0.2) is 0 Å². The van der Waals surface area contributed by atoms with Gasteiger partial charge in [-0.15, -0.1) is 0 Å². The number of rotatable bonds is 5. The summed E-state index contributed by atoms with van der Waals surface area (Å²) in [7, 11) is 0. The smallest absolute Gasteiger partial charge is 0.318 e. The van der Waals surface area contributed by atoms with Crippen LogP contribution in [0.25, 0.3) is 0 Å². The van der Waals surface area contributed by atoms with E-state index in [1.54, 1.807) is 0 Å². The summed E-state index contributed by atoms with van der Waals surface area (Å²) >= 11 is 0. The Hall–Kier alpha value is -2.13. The Balaban J connectivity index is 1.59. The first-order chi connectivity index (χ1) is 14.6. The van der Waals surface area contributed by atoms with E-state index >= 15 is 0 Å². The number of ether oxygens (including phenoxy) is 1. The highest BCUT2D eigenvalue weighted by molar-refractivity contribution is 5.52. The maximum Gasteiger partial charge on any atom is 0.318 e. The predicted octanol–water partition coefficient (Wildman–Crippen LogP) is 3.81. The van der Waals surface area contributed by atoms with Gasteiger partial charge < -0.3 is 15.0 Å². The van der Waals surface area contributed by atoms with Crippen molar-refractivity contribution >= 4 is 5.82 Å². The molecule has 1 N–H and O–H groups in total. The van der Waals surface area contributed by atoms with Gasteiger partial charge in [-0.3, -0.25) is 0 Å². The third-order valence-corrected chi connectivity index (χ3v) is 7.03. The van der Waals surface area contributed by atoms with E-state index in [0.717, 1.165) is 56.8 Å². The van der Waals surface area contributed by atoms with Gasteiger partial charge in [0.1, 0.15) is 5.82 Å². The Labute approximate surface area is 180 Å². The molecule has 0 bridgehead atoms. The third kappa shape index (κ3) is 4.95. The molecule has 6 nitrogen and oxygen atoms in total. The van der Waals surface area contributed by atoms with Gasteiger partial charge in [0.05, 0.1) is 24.8 Å². The molecule has 0 radical (unpaired) electrons. The lowest BCUT2D eigenvalue weighted by atomic mass is 9.81. The first-order valence-electron chi connectivity index (χ1n) is 11.7. The minimum absolute atomic E-state index is 0.183. The van der Waals surface area contributed by atoms with Gasteiger partial charge in [-0.2, -0.15) is 15.2 Å². The molecule has 4 rings (SSSR count). The largest absolute Gasteiger partial charge is 0.463 e. The van der Waals surface area contributed by atoms with Crippen LogP contribution in [-0.4, -0.2) is 42.3 Å². The molecule has 0 spiro atoms. The van der Waals surface area contributed by atoms with E-state index in [9.17, 15) is 0 Å². The molecule has 6 heteroatoms. The molecule has 30 heavy (non-hydrogen) atoms. The van der Waals surface area contributed by atoms with Crippen LogP contribution in [0.2, 0.25) is 0 Å². The molecule has 1 unspecified atom stereocenters. The molecule has 162 valence electrons. The standard InChI is InChI=1S/C24H35N5O/c1-17-6-5-9-21-22(14-17)27-24(30-16-19-8-4-3-7-18(19)2)28-23(21)29-13-12-26-20(15-29)10-11-25/h18-20,26H,1,3-10,12-16H2,2H3/t18?,19-,20-/m0/s1. The van der Waals surface area contributed by atoms with Crippen LogP contribution in [0.5, 0.6) is 6.01 Å². The van der Waals surface area contributed by atoms with Crippen molar-refractivity contribution in [1.82, 2.24) is 15.3 Å². The Kier molecular flexibility index (Phi) is 6.89. The summed E-state index contributed by atoms with van der Waals surface area (Å²) in [5, 5.41) is 12.6. The van der Waals surface area contributed by atoms with E-state index in [1.165, 1.54) is 36.8 Å². The van der Waals surface area contributed by atoms with Crippen LogP contribution in [0, 0.1) is 23.2 Å². The number of aromatic nitrogens is 2. The maximum absolute atomic E-state index is 9.13. The molecule has 1 aromatic rings. The number of hydrogen-bond acceptors (Lipinski definition) is 6. The average Bonchev–Trinajstić information content (AvgIpc) is 2.93. The first kappa shape index (κ1) is 21.1. The van der Waals surface area contributed by atoms with Crippen molar-refractivity contribution in [3.05, 3.63) is 23.4 Å². The molecule has 3 aliphatic rings. The van der Waals surface area contributed by atoms with E-state index in [4.69, 9.17) is 20.0 Å². The molecular formula is C24H35N5O. The molecule has 3 atom stereocenters. The summed E-state index contributed by atoms with van der Waals surface area (Å²) in [6, 6.07) is 3.00. The van der Waals surface area contributed by atoms with Gasteiger partial charge in [0.25, 0.3) is 0 Å². The molecule has 1 aliphatic heterocycles. The van der Waals surface area contributed by atoms with Crippen LogP contribution in [0.15, 0.2) is 12.2 Å². The monoisotopic (exact) mass is 409 g/mol. The number of nitriles is 1. The lowest BCUT2D eigenvalue weighted by Gasteiger charge is -2.35. The van der Waals surface area contributed by atoms with Crippen molar-refractivity contribution < 1.29 is 4.74 Å². The van der Waals surface area contributed by atoms with Crippen molar-refractivity contribution in [1.29, 1.82) is 5.26 Å². The zero-order chi connectivity index (χ0) is 20.9. The first-order valence-corrected chi connectivity index (χ1v) is 11.7. The van der Waals surface area contributed by atoms with Crippen LogP contribution in [0.1, 0.15) is 63.1 Å². The van der Waals surface area contributed by atoms with Gasteiger partial charge in [-0.05, 0) is 37.5 Å². The number of anilines is 1. The van der Waals surface area contributed by atoms with E-state index in [2.05, 4.69) is 29.8 Å². The molecule has 0 amide bonds. The Morgan fingerprint density at radius 2 is 2.10 bits per heavy atom. The average molecular weight is 410 g/mol. The Bertz CT molecular complexity index is 802. The van der Waals surface area contributed by atoms with Crippen molar-refractivity contribution in [2.45, 2.75) is 70.8 Å². The molecule has 2 aliphatic carbocycles. The van der Waals surface area contributed by atoms with Crippen LogP contribution >= 0.6 is 0 Å². The van der Waals surface area contributed by atoms with Crippen molar-refractivity contribution in [2.75, 3.05) is 31.1 Å². The van der Waals surface area contributed by atoms with Crippen LogP contribution in [0.4, 0.5) is 5.82 Å². The van der Waals surface area contributed by atoms with E-state index in [1.807, 2.05) is 0 Å². The van der Waals surface area contributed by atoms with E-state index < -0.39 is 0 Å². The second-order valence-electron chi connectivity index (χ2n) is 9.33. The summed E-state index contributed by atoms with van der Waals surface area (Å²) < 4.78 is 6.22. The topological polar surface area (TPSA) is 74.1 Å². The number of nitrogens with zero attached hydrogens (tertiary/aromatic N) is 4. The van der Waals surface area contributed by atoms with Gasteiger partial charge in [-0.25, -0.2) is 0 Å². The second kappa shape index (κ2) is 9.78. The summed E-state index contributed by atoms with van der Waals surface area (Å²) in [4.78, 5) is 12.1. The summed E-state index contributed by atoms with van der Waals surface area (Å²) in [6.07, 6.45) is 9.63. The molecule has 1 saturated heterocycles. The number of fused-ring (bicyclic) bond motifs is 1. The highest BCUT2D eigenvalue weighted by Crippen LogP contribution is 2.33. The number of nitrogens with one attached hydrogen (secondary N) is 1. The molecule has 1 aromatic heterocycles. The zero-order valence-corrected chi connectivity index (χ0v) is 18.3. The predicted molar refractivity (Wildman–Crippen MR) is 119 cm³/mol. The molecule has 0 aromatic carbocycles. The zero-order valence-electron chi connectivity index (χ0n) is 18.3. The number of piperazine rings is 1. The molecule has 1 saturated carbocycles. The summed E-state index contributed by atoms with van der Waals surface area (Å²) in [5.41, 5.74) is 3.59. The van der Waals surface area contributed by atoms with Crippen molar-refractivity contribution in [3.63, 3.8) is 0 Å². The van der Waals surface area contributed by atoms with Gasteiger partial charge in [0.2, 0.25) is 0 Å². The fourth-order valence-corrected chi connectivity index (χ4v) is 5.15. The number of allylic oxidation sites excluding steroid dienone is 1. The molecular weight excluding hydrogens is 374 g/mol. The molecule has 2 fully saturated rings. The van der Waals surface area contributed by atoms with E-state index in [-0.39, 0.29) is 6.04 Å². The highest BCUT2D eigenvalue weighted by atomic mass is 16.5. The third-order valence-electron chi connectivity index (χ3n) is 7.03. The Morgan fingerprint density at radius 1 is 1.23 bits per heavy atom.